The smallest absolute Gasteiger partial charge is 0.127 e. The zero-order valence-electron chi connectivity index (χ0n) is 10.7. The molecule has 1 rings (SSSR count). The van der Waals surface area contributed by atoms with Crippen molar-refractivity contribution in [3.63, 3.8) is 0 Å². The average molecular weight is 257 g/mol. The number of nitrogens with one attached hydrogen (secondary N) is 1. The number of hydrogen-bond donors (Lipinski definition) is 3. The molecule has 1 aromatic rings. The maximum atomic E-state index is 13.3. The molecule has 0 heterocycles. The SMILES string of the molecule is CCOc1cc(F)cc(C(O)C(O)CCNC)c1. The van der Waals surface area contributed by atoms with Crippen molar-refractivity contribution >= 4 is 0 Å². The Hall–Kier alpha value is -1.17. The number of aliphatic hydroxyl groups excluding tert-OH is 2. The molecule has 102 valence electrons. The van der Waals surface area contributed by atoms with E-state index in [1.807, 2.05) is 0 Å². The fourth-order valence-corrected chi connectivity index (χ4v) is 1.68. The lowest BCUT2D eigenvalue weighted by atomic mass is 10.0. The van der Waals surface area contributed by atoms with Crippen LogP contribution in [0.25, 0.3) is 0 Å². The van der Waals surface area contributed by atoms with Crippen LogP contribution in [0.4, 0.5) is 4.39 Å². The monoisotopic (exact) mass is 257 g/mol. The molecule has 0 bridgehead atoms. The van der Waals surface area contributed by atoms with Crippen LogP contribution < -0.4 is 10.1 Å². The normalized spacial score (nSPS) is 14.3. The summed E-state index contributed by atoms with van der Waals surface area (Å²) in [7, 11) is 1.76. The summed E-state index contributed by atoms with van der Waals surface area (Å²) in [6, 6.07) is 4.00. The van der Waals surface area contributed by atoms with Crippen molar-refractivity contribution in [2.75, 3.05) is 20.2 Å². The number of halogens is 1. The summed E-state index contributed by atoms with van der Waals surface area (Å²) >= 11 is 0. The van der Waals surface area contributed by atoms with Gasteiger partial charge >= 0.3 is 0 Å². The van der Waals surface area contributed by atoms with Gasteiger partial charge in [-0.1, -0.05) is 0 Å². The highest BCUT2D eigenvalue weighted by molar-refractivity contribution is 5.31. The van der Waals surface area contributed by atoms with Crippen molar-refractivity contribution in [3.8, 4) is 5.75 Å². The maximum Gasteiger partial charge on any atom is 0.127 e. The summed E-state index contributed by atoms with van der Waals surface area (Å²) in [5.74, 6) is -0.136. The van der Waals surface area contributed by atoms with Crippen LogP contribution in [0, 0.1) is 5.82 Å². The third-order valence-electron chi connectivity index (χ3n) is 2.60. The van der Waals surface area contributed by atoms with Gasteiger partial charge in [0.15, 0.2) is 0 Å². The van der Waals surface area contributed by atoms with E-state index in [0.29, 0.717) is 30.9 Å². The molecule has 0 aliphatic rings. The molecule has 5 heteroatoms. The van der Waals surface area contributed by atoms with Gasteiger partial charge in [0, 0.05) is 6.07 Å². The number of aliphatic hydroxyl groups is 2. The molecule has 0 aliphatic carbocycles. The van der Waals surface area contributed by atoms with Gasteiger partial charge in [0.25, 0.3) is 0 Å². The fraction of sp³-hybridized carbons (Fsp3) is 0.538. The van der Waals surface area contributed by atoms with E-state index in [1.54, 1.807) is 20.0 Å². The van der Waals surface area contributed by atoms with Crippen LogP contribution in [0.15, 0.2) is 18.2 Å². The van der Waals surface area contributed by atoms with Gasteiger partial charge in [-0.25, -0.2) is 4.39 Å². The Balaban J connectivity index is 2.80. The van der Waals surface area contributed by atoms with Gasteiger partial charge in [0.05, 0.1) is 12.7 Å². The number of benzene rings is 1. The van der Waals surface area contributed by atoms with E-state index in [9.17, 15) is 14.6 Å². The van der Waals surface area contributed by atoms with Crippen LogP contribution in [0.1, 0.15) is 25.0 Å². The first kappa shape index (κ1) is 14.9. The second kappa shape index (κ2) is 7.31. The van der Waals surface area contributed by atoms with Gasteiger partial charge in [-0.15, -0.1) is 0 Å². The Kier molecular flexibility index (Phi) is 6.04. The zero-order chi connectivity index (χ0) is 13.5. The zero-order valence-corrected chi connectivity index (χ0v) is 10.7. The predicted octanol–water partition coefficient (Wildman–Crippen LogP) is 1.23. The minimum absolute atomic E-state index is 0.321. The van der Waals surface area contributed by atoms with Crippen LogP contribution >= 0.6 is 0 Å². The van der Waals surface area contributed by atoms with E-state index < -0.39 is 18.0 Å². The first-order chi connectivity index (χ1) is 8.58. The molecule has 0 fully saturated rings. The molecule has 0 aliphatic heterocycles. The van der Waals surface area contributed by atoms with Gasteiger partial charge in [-0.05, 0) is 44.6 Å². The molecule has 1 aromatic carbocycles. The van der Waals surface area contributed by atoms with Gasteiger partial charge in [0.1, 0.15) is 17.7 Å². The highest BCUT2D eigenvalue weighted by Crippen LogP contribution is 2.24. The summed E-state index contributed by atoms with van der Waals surface area (Å²) in [5, 5.41) is 22.6. The molecule has 18 heavy (non-hydrogen) atoms. The van der Waals surface area contributed by atoms with Crippen molar-refractivity contribution in [2.24, 2.45) is 0 Å². The summed E-state index contributed by atoms with van der Waals surface area (Å²) < 4.78 is 18.5. The third kappa shape index (κ3) is 4.25. The highest BCUT2D eigenvalue weighted by atomic mass is 19.1. The van der Waals surface area contributed by atoms with E-state index in [4.69, 9.17) is 4.74 Å². The summed E-state index contributed by atoms with van der Waals surface area (Å²) in [6.07, 6.45) is -1.67. The topological polar surface area (TPSA) is 61.7 Å². The molecule has 0 spiro atoms. The standard InChI is InChI=1S/C13H20FNO3/c1-3-18-11-7-9(6-10(14)8-11)13(17)12(16)4-5-15-2/h6-8,12-13,15-17H,3-5H2,1-2H3. The minimum Gasteiger partial charge on any atom is -0.494 e. The lowest BCUT2D eigenvalue weighted by Gasteiger charge is -2.18. The van der Waals surface area contributed by atoms with Crippen molar-refractivity contribution in [3.05, 3.63) is 29.6 Å². The highest BCUT2D eigenvalue weighted by Gasteiger charge is 2.19. The van der Waals surface area contributed by atoms with E-state index in [1.165, 1.54) is 12.1 Å². The molecule has 0 saturated carbocycles. The largest absolute Gasteiger partial charge is 0.494 e. The Labute approximate surface area is 106 Å². The van der Waals surface area contributed by atoms with Crippen LogP contribution in [0.2, 0.25) is 0 Å². The Bertz CT molecular complexity index is 373. The van der Waals surface area contributed by atoms with Gasteiger partial charge in [-0.2, -0.15) is 0 Å². The molecule has 4 nitrogen and oxygen atoms in total. The van der Waals surface area contributed by atoms with Crippen LogP contribution in [0.3, 0.4) is 0 Å². The molecule has 0 amide bonds. The van der Waals surface area contributed by atoms with Crippen molar-refractivity contribution in [1.29, 1.82) is 0 Å². The van der Waals surface area contributed by atoms with Crippen LogP contribution in [0.5, 0.6) is 5.75 Å². The molecule has 2 unspecified atom stereocenters. The molecule has 3 N–H and O–H groups in total. The Morgan fingerprint density at radius 1 is 1.33 bits per heavy atom. The molecule has 0 saturated heterocycles. The van der Waals surface area contributed by atoms with Crippen LogP contribution in [-0.4, -0.2) is 36.5 Å². The van der Waals surface area contributed by atoms with Gasteiger partial charge < -0.3 is 20.3 Å². The maximum absolute atomic E-state index is 13.3. The minimum atomic E-state index is -1.12. The van der Waals surface area contributed by atoms with Gasteiger partial charge in [0.2, 0.25) is 0 Å². The quantitative estimate of drug-likeness (QED) is 0.687. The van der Waals surface area contributed by atoms with Crippen molar-refractivity contribution in [2.45, 2.75) is 25.6 Å². The summed E-state index contributed by atoms with van der Waals surface area (Å²) in [6.45, 7) is 2.79. The van der Waals surface area contributed by atoms with E-state index in [2.05, 4.69) is 5.32 Å². The second-order valence-electron chi connectivity index (χ2n) is 4.06. The van der Waals surface area contributed by atoms with Crippen molar-refractivity contribution in [1.82, 2.24) is 5.32 Å². The first-order valence-electron chi connectivity index (χ1n) is 6.02. The molecule has 0 aromatic heterocycles. The predicted molar refractivity (Wildman–Crippen MR) is 67.1 cm³/mol. The fourth-order valence-electron chi connectivity index (χ4n) is 1.68. The third-order valence-corrected chi connectivity index (χ3v) is 2.60. The summed E-state index contributed by atoms with van der Waals surface area (Å²) in [4.78, 5) is 0. The number of hydrogen-bond acceptors (Lipinski definition) is 4. The van der Waals surface area contributed by atoms with E-state index >= 15 is 0 Å². The number of ether oxygens (including phenoxy) is 1. The molecular weight excluding hydrogens is 237 g/mol. The molecule has 2 atom stereocenters. The molecule has 0 radical (unpaired) electrons. The van der Waals surface area contributed by atoms with Gasteiger partial charge in [-0.3, -0.25) is 0 Å². The number of rotatable bonds is 7. The lowest BCUT2D eigenvalue weighted by Crippen LogP contribution is -2.23. The second-order valence-corrected chi connectivity index (χ2v) is 4.06. The Morgan fingerprint density at radius 3 is 2.67 bits per heavy atom. The lowest BCUT2D eigenvalue weighted by molar-refractivity contribution is 0.0137. The summed E-state index contributed by atoms with van der Waals surface area (Å²) in [5.41, 5.74) is 0.321. The first-order valence-corrected chi connectivity index (χ1v) is 6.02. The molecular formula is C13H20FNO3. The Morgan fingerprint density at radius 2 is 2.06 bits per heavy atom. The average Bonchev–Trinajstić information content (AvgIpc) is 2.34. The van der Waals surface area contributed by atoms with E-state index in [-0.39, 0.29) is 0 Å². The van der Waals surface area contributed by atoms with E-state index in [0.717, 1.165) is 0 Å². The van der Waals surface area contributed by atoms with Crippen LogP contribution in [-0.2, 0) is 0 Å². The van der Waals surface area contributed by atoms with Crippen molar-refractivity contribution < 1.29 is 19.3 Å².